The third-order valence-corrected chi connectivity index (χ3v) is 5.30. The number of piperidine rings is 1. The standard InChI is InChI=1S/C20H23N3O3/c1-13-5-6-18-15(10-13)17(24)11-19(26-18)14-4-3-8-23(12-14)20(25)16-7-9-22(2)21-16/h5-7,9-10,14,19H,3-4,8,11-12H2,1-2H3/t14-,19+/m1/s1. The van der Waals surface area contributed by atoms with Crippen molar-refractivity contribution in [2.75, 3.05) is 13.1 Å². The Labute approximate surface area is 152 Å². The van der Waals surface area contributed by atoms with Crippen molar-refractivity contribution in [1.29, 1.82) is 0 Å². The number of aryl methyl sites for hydroxylation is 2. The lowest BCUT2D eigenvalue weighted by Gasteiger charge is -2.38. The summed E-state index contributed by atoms with van der Waals surface area (Å²) in [6, 6.07) is 7.48. The number of Topliss-reactive ketones (excluding diaryl/α,β-unsaturated/α-hetero) is 1. The highest BCUT2D eigenvalue weighted by molar-refractivity contribution is 6.00. The Hall–Kier alpha value is -2.63. The first-order valence-electron chi connectivity index (χ1n) is 9.10. The number of benzene rings is 1. The number of carbonyl (C=O) groups excluding carboxylic acids is 2. The van der Waals surface area contributed by atoms with Gasteiger partial charge in [-0.15, -0.1) is 0 Å². The SMILES string of the molecule is Cc1ccc2c(c1)C(=O)C[C@@H]([C@@H]1CCCN(C(=O)c3ccn(C)n3)C1)O2. The van der Waals surface area contributed by atoms with E-state index in [0.29, 0.717) is 30.0 Å². The van der Waals surface area contributed by atoms with Gasteiger partial charge in [0.2, 0.25) is 0 Å². The Kier molecular flexibility index (Phi) is 4.26. The maximum Gasteiger partial charge on any atom is 0.274 e. The van der Waals surface area contributed by atoms with Crippen molar-refractivity contribution < 1.29 is 14.3 Å². The Balaban J connectivity index is 1.49. The van der Waals surface area contributed by atoms with E-state index in [-0.39, 0.29) is 23.7 Å². The summed E-state index contributed by atoms with van der Waals surface area (Å²) in [6.45, 7) is 3.30. The zero-order valence-corrected chi connectivity index (χ0v) is 15.1. The number of aromatic nitrogens is 2. The van der Waals surface area contributed by atoms with Crippen molar-refractivity contribution in [1.82, 2.24) is 14.7 Å². The fourth-order valence-corrected chi connectivity index (χ4v) is 3.91. The lowest BCUT2D eigenvalue weighted by Crippen LogP contribution is -2.46. The maximum atomic E-state index is 12.7. The van der Waals surface area contributed by atoms with Crippen LogP contribution in [0.3, 0.4) is 0 Å². The van der Waals surface area contributed by atoms with Gasteiger partial charge in [0.1, 0.15) is 17.5 Å². The molecule has 0 aliphatic carbocycles. The molecule has 0 radical (unpaired) electrons. The molecule has 2 aromatic rings. The van der Waals surface area contributed by atoms with Gasteiger partial charge in [0.25, 0.3) is 5.91 Å². The van der Waals surface area contributed by atoms with Gasteiger partial charge in [-0.2, -0.15) is 5.10 Å². The van der Waals surface area contributed by atoms with Crippen LogP contribution < -0.4 is 4.74 Å². The van der Waals surface area contributed by atoms with Crippen molar-refractivity contribution >= 4 is 11.7 Å². The number of hydrogen-bond acceptors (Lipinski definition) is 4. The molecule has 3 heterocycles. The largest absolute Gasteiger partial charge is 0.489 e. The number of hydrogen-bond donors (Lipinski definition) is 0. The second-order valence-electron chi connectivity index (χ2n) is 7.31. The summed E-state index contributed by atoms with van der Waals surface area (Å²) < 4.78 is 7.79. The molecule has 1 amide bonds. The molecule has 0 bridgehead atoms. The number of rotatable bonds is 2. The van der Waals surface area contributed by atoms with E-state index >= 15 is 0 Å². The third kappa shape index (κ3) is 3.11. The monoisotopic (exact) mass is 353 g/mol. The molecular weight excluding hydrogens is 330 g/mol. The minimum absolute atomic E-state index is 0.0477. The molecule has 0 N–H and O–H groups in total. The third-order valence-electron chi connectivity index (χ3n) is 5.30. The van der Waals surface area contributed by atoms with Gasteiger partial charge < -0.3 is 9.64 Å². The van der Waals surface area contributed by atoms with Crippen molar-refractivity contribution in [3.05, 3.63) is 47.3 Å². The van der Waals surface area contributed by atoms with Crippen LogP contribution in [0.25, 0.3) is 0 Å². The molecule has 0 spiro atoms. The quantitative estimate of drug-likeness (QED) is 0.832. The van der Waals surface area contributed by atoms with Crippen LogP contribution in [-0.4, -0.2) is 45.6 Å². The van der Waals surface area contributed by atoms with Gasteiger partial charge in [-0.05, 0) is 38.0 Å². The molecule has 2 aliphatic heterocycles. The van der Waals surface area contributed by atoms with Gasteiger partial charge >= 0.3 is 0 Å². The summed E-state index contributed by atoms with van der Waals surface area (Å²) in [4.78, 5) is 27.1. The van der Waals surface area contributed by atoms with Gasteiger partial charge in [0.05, 0.1) is 5.56 Å². The number of carbonyl (C=O) groups is 2. The molecule has 1 aromatic heterocycles. The van der Waals surface area contributed by atoms with E-state index in [1.165, 1.54) is 0 Å². The van der Waals surface area contributed by atoms with E-state index in [1.54, 1.807) is 24.0 Å². The summed E-state index contributed by atoms with van der Waals surface area (Å²) in [7, 11) is 1.80. The first-order chi connectivity index (χ1) is 12.5. The van der Waals surface area contributed by atoms with Gasteiger partial charge in [-0.25, -0.2) is 0 Å². The summed E-state index contributed by atoms with van der Waals surface area (Å²) in [5, 5.41) is 4.21. The number of fused-ring (bicyclic) bond motifs is 1. The molecule has 2 aliphatic rings. The highest BCUT2D eigenvalue weighted by Crippen LogP contribution is 2.34. The summed E-state index contributed by atoms with van der Waals surface area (Å²) in [5.41, 5.74) is 2.21. The van der Waals surface area contributed by atoms with Crippen LogP contribution in [0.1, 0.15) is 45.7 Å². The van der Waals surface area contributed by atoms with Crippen LogP contribution in [0.2, 0.25) is 0 Å². The smallest absolute Gasteiger partial charge is 0.274 e. The second-order valence-corrected chi connectivity index (χ2v) is 7.31. The fraction of sp³-hybridized carbons (Fsp3) is 0.450. The van der Waals surface area contributed by atoms with Crippen LogP contribution in [0.5, 0.6) is 5.75 Å². The average Bonchev–Trinajstić information content (AvgIpc) is 3.08. The Bertz CT molecular complexity index is 858. The van der Waals surface area contributed by atoms with E-state index in [1.807, 2.05) is 30.0 Å². The van der Waals surface area contributed by atoms with E-state index in [2.05, 4.69) is 5.10 Å². The molecule has 6 nitrogen and oxygen atoms in total. The predicted molar refractivity (Wildman–Crippen MR) is 96.4 cm³/mol. The zero-order chi connectivity index (χ0) is 18.3. The molecule has 6 heteroatoms. The number of amides is 1. The molecule has 1 aromatic carbocycles. The Morgan fingerprint density at radius 2 is 2.15 bits per heavy atom. The number of ketones is 1. The van der Waals surface area contributed by atoms with Crippen LogP contribution >= 0.6 is 0 Å². The number of nitrogens with zero attached hydrogens (tertiary/aromatic N) is 3. The van der Waals surface area contributed by atoms with Gasteiger partial charge in [0.15, 0.2) is 5.78 Å². The summed E-state index contributed by atoms with van der Waals surface area (Å²) in [6.07, 6.45) is 3.86. The zero-order valence-electron chi connectivity index (χ0n) is 15.1. The summed E-state index contributed by atoms with van der Waals surface area (Å²) >= 11 is 0. The second kappa shape index (κ2) is 6.59. The molecule has 1 fully saturated rings. The average molecular weight is 353 g/mol. The topological polar surface area (TPSA) is 64.4 Å². The molecule has 136 valence electrons. The van der Waals surface area contributed by atoms with Gasteiger partial charge in [-0.1, -0.05) is 11.6 Å². The van der Waals surface area contributed by atoms with E-state index < -0.39 is 0 Å². The van der Waals surface area contributed by atoms with Gasteiger partial charge in [0, 0.05) is 38.7 Å². The molecule has 0 unspecified atom stereocenters. The van der Waals surface area contributed by atoms with Crippen molar-refractivity contribution in [3.8, 4) is 5.75 Å². The molecule has 0 saturated carbocycles. The normalized spacial score (nSPS) is 22.7. The molecular formula is C20H23N3O3. The fourth-order valence-electron chi connectivity index (χ4n) is 3.91. The number of ether oxygens (including phenoxy) is 1. The van der Waals surface area contributed by atoms with Crippen LogP contribution in [0.15, 0.2) is 30.5 Å². The van der Waals surface area contributed by atoms with Crippen LogP contribution in [-0.2, 0) is 7.05 Å². The van der Waals surface area contributed by atoms with Crippen LogP contribution in [0.4, 0.5) is 0 Å². The van der Waals surface area contributed by atoms with E-state index in [9.17, 15) is 9.59 Å². The minimum Gasteiger partial charge on any atom is -0.489 e. The lowest BCUT2D eigenvalue weighted by atomic mass is 9.86. The molecule has 26 heavy (non-hydrogen) atoms. The first-order valence-corrected chi connectivity index (χ1v) is 9.10. The van der Waals surface area contributed by atoms with E-state index in [0.717, 1.165) is 24.9 Å². The summed E-state index contributed by atoms with van der Waals surface area (Å²) in [5.74, 6) is 0.918. The molecule has 4 rings (SSSR count). The maximum absolute atomic E-state index is 12.7. The minimum atomic E-state index is -0.169. The predicted octanol–water partition coefficient (Wildman–Crippen LogP) is 2.61. The molecule has 2 atom stereocenters. The van der Waals surface area contributed by atoms with Crippen molar-refractivity contribution in [2.45, 2.75) is 32.3 Å². The Morgan fingerprint density at radius 1 is 1.31 bits per heavy atom. The first kappa shape index (κ1) is 16.8. The Morgan fingerprint density at radius 3 is 2.92 bits per heavy atom. The van der Waals surface area contributed by atoms with Gasteiger partial charge in [-0.3, -0.25) is 14.3 Å². The molecule has 1 saturated heterocycles. The van der Waals surface area contributed by atoms with Crippen molar-refractivity contribution in [2.24, 2.45) is 13.0 Å². The number of likely N-dealkylation sites (tertiary alicyclic amines) is 1. The lowest BCUT2D eigenvalue weighted by molar-refractivity contribution is 0.0405. The highest BCUT2D eigenvalue weighted by Gasteiger charge is 2.36. The van der Waals surface area contributed by atoms with E-state index in [4.69, 9.17) is 4.74 Å². The van der Waals surface area contributed by atoms with Crippen LogP contribution in [0, 0.1) is 12.8 Å². The highest BCUT2D eigenvalue weighted by atomic mass is 16.5. The van der Waals surface area contributed by atoms with Crippen molar-refractivity contribution in [3.63, 3.8) is 0 Å².